The van der Waals surface area contributed by atoms with Gasteiger partial charge in [0.2, 0.25) is 0 Å². The third-order valence-corrected chi connectivity index (χ3v) is 5.49. The van der Waals surface area contributed by atoms with Crippen LogP contribution < -0.4 is 0 Å². The van der Waals surface area contributed by atoms with Crippen LogP contribution in [0.15, 0.2) is 60.3 Å². The quantitative estimate of drug-likeness (QED) is 0.758. The summed E-state index contributed by atoms with van der Waals surface area (Å²) >= 11 is 0. The Kier molecular flexibility index (Phi) is 6.49. The Labute approximate surface area is 171 Å². The van der Waals surface area contributed by atoms with Gasteiger partial charge >= 0.3 is 0 Å². The molecule has 29 heavy (non-hydrogen) atoms. The average molecular weight is 396 g/mol. The lowest BCUT2D eigenvalue weighted by Gasteiger charge is -2.38. The number of carbonyl (C=O) groups excluding carboxylic acids is 1. The Morgan fingerprint density at radius 2 is 1.93 bits per heavy atom. The van der Waals surface area contributed by atoms with Gasteiger partial charge in [-0.3, -0.25) is 4.79 Å². The van der Waals surface area contributed by atoms with Crippen LogP contribution in [-0.4, -0.2) is 50.1 Å². The molecule has 0 saturated carbocycles. The third-order valence-electron chi connectivity index (χ3n) is 5.49. The molecule has 154 valence electrons. The zero-order chi connectivity index (χ0) is 21.0. The number of rotatable bonds is 6. The van der Waals surface area contributed by atoms with Gasteiger partial charge in [-0.15, -0.1) is 0 Å². The Morgan fingerprint density at radius 1 is 1.24 bits per heavy atom. The van der Waals surface area contributed by atoms with Gasteiger partial charge in [-0.25, -0.2) is 0 Å². The summed E-state index contributed by atoms with van der Waals surface area (Å²) < 4.78 is 5.86. The van der Waals surface area contributed by atoms with Crippen LogP contribution in [0.25, 0.3) is 5.69 Å². The molecule has 2 heterocycles. The largest absolute Gasteiger partial charge is 0.467 e. The van der Waals surface area contributed by atoms with Gasteiger partial charge in [-0.05, 0) is 51.3 Å². The van der Waals surface area contributed by atoms with Crippen LogP contribution in [0.2, 0.25) is 0 Å². The number of nitrogens with zero attached hydrogens (tertiary/aromatic N) is 4. The Morgan fingerprint density at radius 3 is 2.62 bits per heavy atom. The van der Waals surface area contributed by atoms with Gasteiger partial charge in [0.25, 0.3) is 5.91 Å². The van der Waals surface area contributed by atoms with Gasteiger partial charge in [-0.1, -0.05) is 18.7 Å². The first-order chi connectivity index (χ1) is 13.9. The molecular formula is C22H28N4O3. The number of aromatic nitrogens is 3. The number of allylic oxidation sites excluding steroid dienone is 1. The molecule has 1 aliphatic rings. The van der Waals surface area contributed by atoms with Gasteiger partial charge in [0.15, 0.2) is 0 Å². The van der Waals surface area contributed by atoms with E-state index in [1.807, 2.05) is 36.9 Å². The zero-order valence-corrected chi connectivity index (χ0v) is 17.2. The number of carbonyl (C=O) groups is 1. The highest BCUT2D eigenvalue weighted by Gasteiger charge is 2.32. The minimum atomic E-state index is -0.0540. The second-order valence-corrected chi connectivity index (χ2v) is 7.48. The van der Waals surface area contributed by atoms with Crippen molar-refractivity contribution in [2.75, 3.05) is 13.2 Å². The predicted molar refractivity (Wildman–Crippen MR) is 110 cm³/mol. The summed E-state index contributed by atoms with van der Waals surface area (Å²) in [6, 6.07) is 7.47. The highest BCUT2D eigenvalue weighted by atomic mass is 16.5. The van der Waals surface area contributed by atoms with Gasteiger partial charge in [0.1, 0.15) is 11.5 Å². The fraction of sp³-hybridized carbons (Fsp3) is 0.409. The lowest BCUT2D eigenvalue weighted by atomic mass is 9.91. The molecule has 1 fully saturated rings. The lowest BCUT2D eigenvalue weighted by Crippen LogP contribution is -2.46. The molecule has 1 amide bonds. The standard InChI is InChI=1S/C22H28N4O3/c1-15(14-27)17(3)29-18(4)19-10-9-16(2)25(13-19)22(28)20-7-5-6-8-21(20)26-23-11-12-24-26/h5-8,11-12,16,19,27H,4,9-10,13-14H2,1-3H3/b17-15+/t16-,19?/m1/s1. The summed E-state index contributed by atoms with van der Waals surface area (Å²) in [5.74, 6) is 1.26. The summed E-state index contributed by atoms with van der Waals surface area (Å²) in [7, 11) is 0. The van der Waals surface area contributed by atoms with E-state index >= 15 is 0 Å². The van der Waals surface area contributed by atoms with Crippen molar-refractivity contribution in [2.24, 2.45) is 5.92 Å². The van der Waals surface area contributed by atoms with Gasteiger partial charge in [-0.2, -0.15) is 15.0 Å². The molecule has 3 rings (SSSR count). The second-order valence-electron chi connectivity index (χ2n) is 7.48. The van der Waals surface area contributed by atoms with E-state index in [0.717, 1.165) is 18.4 Å². The number of ether oxygens (including phenoxy) is 1. The molecular weight excluding hydrogens is 368 g/mol. The fourth-order valence-electron chi connectivity index (χ4n) is 3.45. The van der Waals surface area contributed by atoms with Crippen LogP contribution in [0.1, 0.15) is 44.0 Å². The molecule has 0 aliphatic carbocycles. The van der Waals surface area contributed by atoms with E-state index in [1.165, 1.54) is 4.80 Å². The van der Waals surface area contributed by atoms with Crippen LogP contribution in [0.4, 0.5) is 0 Å². The van der Waals surface area contributed by atoms with Gasteiger partial charge in [0, 0.05) is 18.5 Å². The summed E-state index contributed by atoms with van der Waals surface area (Å²) in [4.78, 5) is 16.8. The molecule has 1 aromatic heterocycles. The molecule has 1 unspecified atom stereocenters. The number of hydrogen-bond donors (Lipinski definition) is 1. The average Bonchev–Trinajstić information content (AvgIpc) is 3.27. The first-order valence-corrected chi connectivity index (χ1v) is 9.83. The number of aliphatic hydroxyl groups excluding tert-OH is 1. The molecule has 1 aliphatic heterocycles. The van der Waals surface area contributed by atoms with Crippen molar-refractivity contribution in [3.63, 3.8) is 0 Å². The minimum absolute atomic E-state index is 0.0339. The molecule has 7 nitrogen and oxygen atoms in total. The molecule has 2 aromatic rings. The van der Waals surface area contributed by atoms with Crippen LogP contribution in [0.3, 0.4) is 0 Å². The smallest absolute Gasteiger partial charge is 0.256 e. The van der Waals surface area contributed by atoms with Gasteiger partial charge < -0.3 is 14.7 Å². The Balaban J connectivity index is 1.80. The fourth-order valence-corrected chi connectivity index (χ4v) is 3.45. The maximum Gasteiger partial charge on any atom is 0.256 e. The van der Waals surface area contributed by atoms with E-state index in [0.29, 0.717) is 29.3 Å². The van der Waals surface area contributed by atoms with E-state index in [1.54, 1.807) is 18.5 Å². The number of piperidine rings is 1. The maximum absolute atomic E-state index is 13.4. The number of para-hydroxylation sites is 1. The van der Waals surface area contributed by atoms with E-state index in [9.17, 15) is 9.90 Å². The molecule has 0 spiro atoms. The summed E-state index contributed by atoms with van der Waals surface area (Å²) in [6.07, 6.45) is 4.94. The molecule has 0 radical (unpaired) electrons. The minimum Gasteiger partial charge on any atom is -0.467 e. The molecule has 7 heteroatoms. The summed E-state index contributed by atoms with van der Waals surface area (Å²) in [5.41, 5.74) is 1.99. The van der Waals surface area contributed by atoms with Crippen molar-refractivity contribution in [1.82, 2.24) is 19.9 Å². The van der Waals surface area contributed by atoms with Crippen molar-refractivity contribution < 1.29 is 14.6 Å². The van der Waals surface area contributed by atoms with Gasteiger partial charge in [0.05, 0.1) is 30.3 Å². The molecule has 1 saturated heterocycles. The highest BCUT2D eigenvalue weighted by molar-refractivity contribution is 5.98. The van der Waals surface area contributed by atoms with Crippen molar-refractivity contribution in [1.29, 1.82) is 0 Å². The van der Waals surface area contributed by atoms with Crippen LogP contribution in [0.5, 0.6) is 0 Å². The highest BCUT2D eigenvalue weighted by Crippen LogP contribution is 2.30. The normalized spacial score (nSPS) is 20.2. The van der Waals surface area contributed by atoms with E-state index in [4.69, 9.17) is 4.74 Å². The van der Waals surface area contributed by atoms with Crippen molar-refractivity contribution in [2.45, 2.75) is 39.7 Å². The van der Waals surface area contributed by atoms with Crippen LogP contribution in [-0.2, 0) is 4.74 Å². The Bertz CT molecular complexity index is 905. The van der Waals surface area contributed by atoms with E-state index < -0.39 is 0 Å². The third kappa shape index (κ3) is 4.56. The van der Waals surface area contributed by atoms with E-state index in [2.05, 4.69) is 23.7 Å². The molecule has 1 aromatic carbocycles. The lowest BCUT2D eigenvalue weighted by molar-refractivity contribution is 0.0544. The number of benzene rings is 1. The first kappa shape index (κ1) is 20.8. The monoisotopic (exact) mass is 396 g/mol. The van der Waals surface area contributed by atoms with Crippen LogP contribution >= 0.6 is 0 Å². The van der Waals surface area contributed by atoms with Crippen LogP contribution in [0, 0.1) is 5.92 Å². The Hall–Kier alpha value is -2.93. The SMILES string of the molecule is C=C(O/C(C)=C(\C)CO)C1CC[C@@H](C)N(C(=O)c2ccccc2-n2nccn2)C1. The number of hydrogen-bond acceptors (Lipinski definition) is 5. The van der Waals surface area contributed by atoms with Crippen molar-refractivity contribution in [3.05, 3.63) is 65.9 Å². The van der Waals surface area contributed by atoms with E-state index in [-0.39, 0.29) is 24.5 Å². The topological polar surface area (TPSA) is 80.5 Å². The zero-order valence-electron chi connectivity index (χ0n) is 17.2. The number of amides is 1. The number of aliphatic hydroxyl groups is 1. The van der Waals surface area contributed by atoms with Crippen molar-refractivity contribution in [3.8, 4) is 5.69 Å². The number of likely N-dealkylation sites (tertiary alicyclic amines) is 1. The first-order valence-electron chi connectivity index (χ1n) is 9.83. The summed E-state index contributed by atoms with van der Waals surface area (Å²) in [6.45, 7) is 10.3. The molecule has 1 N–H and O–H groups in total. The van der Waals surface area contributed by atoms with Crippen molar-refractivity contribution >= 4 is 5.91 Å². The maximum atomic E-state index is 13.4. The molecule has 2 atom stereocenters. The summed E-state index contributed by atoms with van der Waals surface area (Å²) in [5, 5.41) is 17.6. The molecule has 0 bridgehead atoms. The predicted octanol–water partition coefficient (Wildman–Crippen LogP) is 3.32. The second kappa shape index (κ2) is 9.05.